The topological polar surface area (TPSA) is 64.5 Å². The largest absolute Gasteiger partial charge is 0.493 e. The second kappa shape index (κ2) is 6.06. The molecule has 2 aromatic rings. The first kappa shape index (κ1) is 13.9. The number of aliphatic hydroxyl groups excluding tert-OH is 1. The van der Waals surface area contributed by atoms with Crippen molar-refractivity contribution in [1.82, 2.24) is 9.97 Å². The Balaban J connectivity index is 2.35. The van der Waals surface area contributed by atoms with E-state index in [2.05, 4.69) is 9.97 Å². The van der Waals surface area contributed by atoms with E-state index in [0.717, 1.165) is 0 Å². The molecule has 1 aromatic heterocycles. The maximum atomic E-state index is 9.06. The van der Waals surface area contributed by atoms with Crippen LogP contribution in [0.3, 0.4) is 0 Å². The Morgan fingerprint density at radius 2 is 2.05 bits per heavy atom. The van der Waals surface area contributed by atoms with Crippen LogP contribution in [0.4, 0.5) is 0 Å². The van der Waals surface area contributed by atoms with Gasteiger partial charge in [-0.1, -0.05) is 17.7 Å². The molecule has 0 aliphatic carbocycles. The summed E-state index contributed by atoms with van der Waals surface area (Å²) >= 11 is 11.6. The van der Waals surface area contributed by atoms with Crippen LogP contribution in [0.1, 0.15) is 5.56 Å². The first-order chi connectivity index (χ1) is 9.13. The van der Waals surface area contributed by atoms with E-state index in [1.807, 2.05) is 0 Å². The lowest BCUT2D eigenvalue weighted by Crippen LogP contribution is -1.95. The Morgan fingerprint density at radius 1 is 1.26 bits per heavy atom. The van der Waals surface area contributed by atoms with Crippen LogP contribution in [-0.2, 0) is 6.61 Å². The van der Waals surface area contributed by atoms with E-state index in [-0.39, 0.29) is 22.8 Å². The van der Waals surface area contributed by atoms with Crippen LogP contribution in [-0.4, -0.2) is 22.2 Å². The first-order valence-electron chi connectivity index (χ1n) is 5.27. The fourth-order valence-corrected chi connectivity index (χ4v) is 1.66. The highest BCUT2D eigenvalue weighted by Gasteiger charge is 2.11. The molecule has 0 aliphatic rings. The molecule has 0 saturated heterocycles. The van der Waals surface area contributed by atoms with E-state index in [0.29, 0.717) is 17.1 Å². The van der Waals surface area contributed by atoms with E-state index >= 15 is 0 Å². The summed E-state index contributed by atoms with van der Waals surface area (Å²) < 4.78 is 10.7. The van der Waals surface area contributed by atoms with Crippen LogP contribution in [0.25, 0.3) is 0 Å². The van der Waals surface area contributed by atoms with Crippen molar-refractivity contribution in [2.24, 2.45) is 0 Å². The maximum absolute atomic E-state index is 9.06. The number of hydrogen-bond acceptors (Lipinski definition) is 5. The quantitative estimate of drug-likeness (QED) is 0.879. The molecule has 5 nitrogen and oxygen atoms in total. The third-order valence-electron chi connectivity index (χ3n) is 2.30. The molecule has 0 aliphatic heterocycles. The van der Waals surface area contributed by atoms with Crippen LogP contribution in [0, 0.1) is 0 Å². The Kier molecular flexibility index (Phi) is 4.42. The van der Waals surface area contributed by atoms with Gasteiger partial charge in [0.2, 0.25) is 11.2 Å². The van der Waals surface area contributed by atoms with Crippen LogP contribution in [0.2, 0.25) is 10.3 Å². The lowest BCUT2D eigenvalue weighted by atomic mass is 10.2. The molecule has 1 N–H and O–H groups in total. The monoisotopic (exact) mass is 300 g/mol. The summed E-state index contributed by atoms with van der Waals surface area (Å²) in [5.74, 6) is 1.01. The number of rotatable bonds is 4. The minimum atomic E-state index is -0.0866. The van der Waals surface area contributed by atoms with Gasteiger partial charge in [0.25, 0.3) is 0 Å². The van der Waals surface area contributed by atoms with Gasteiger partial charge in [0.1, 0.15) is 5.02 Å². The number of hydrogen-bond donors (Lipinski definition) is 1. The van der Waals surface area contributed by atoms with Crippen molar-refractivity contribution in [3.05, 3.63) is 40.3 Å². The summed E-state index contributed by atoms with van der Waals surface area (Å²) in [5.41, 5.74) is 0.705. The summed E-state index contributed by atoms with van der Waals surface area (Å²) in [4.78, 5) is 7.61. The van der Waals surface area contributed by atoms with E-state index in [4.69, 9.17) is 37.8 Å². The van der Waals surface area contributed by atoms with Crippen LogP contribution in [0.15, 0.2) is 24.4 Å². The van der Waals surface area contributed by atoms with Gasteiger partial charge in [-0.05, 0) is 29.3 Å². The van der Waals surface area contributed by atoms with E-state index in [1.54, 1.807) is 18.2 Å². The Morgan fingerprint density at radius 3 is 2.74 bits per heavy atom. The fourth-order valence-electron chi connectivity index (χ4n) is 1.40. The molecule has 19 heavy (non-hydrogen) atoms. The van der Waals surface area contributed by atoms with Crippen molar-refractivity contribution in [1.29, 1.82) is 0 Å². The van der Waals surface area contributed by atoms with Gasteiger partial charge in [0.15, 0.2) is 11.5 Å². The van der Waals surface area contributed by atoms with Crippen molar-refractivity contribution in [2.75, 3.05) is 7.11 Å². The molecule has 2 rings (SSSR count). The smallest absolute Gasteiger partial charge is 0.242 e. The van der Waals surface area contributed by atoms with Gasteiger partial charge in [0, 0.05) is 0 Å². The summed E-state index contributed by atoms with van der Waals surface area (Å²) in [5, 5.41) is 9.33. The van der Waals surface area contributed by atoms with Gasteiger partial charge in [0.05, 0.1) is 19.9 Å². The van der Waals surface area contributed by atoms with Crippen molar-refractivity contribution in [3.8, 4) is 17.4 Å². The summed E-state index contributed by atoms with van der Waals surface area (Å²) in [6, 6.07) is 5.01. The lowest BCUT2D eigenvalue weighted by molar-refractivity contribution is 0.280. The molecule has 0 spiro atoms. The molecule has 0 atom stereocenters. The van der Waals surface area contributed by atoms with Crippen molar-refractivity contribution >= 4 is 23.2 Å². The molecular weight excluding hydrogens is 291 g/mol. The van der Waals surface area contributed by atoms with Crippen molar-refractivity contribution in [2.45, 2.75) is 6.61 Å². The van der Waals surface area contributed by atoms with E-state index < -0.39 is 0 Å². The zero-order valence-corrected chi connectivity index (χ0v) is 11.4. The third-order valence-corrected chi connectivity index (χ3v) is 2.74. The van der Waals surface area contributed by atoms with Gasteiger partial charge in [-0.2, -0.15) is 4.98 Å². The second-order valence-corrected chi connectivity index (χ2v) is 4.28. The molecule has 1 heterocycles. The number of nitrogens with zero attached hydrogens (tertiary/aromatic N) is 2. The van der Waals surface area contributed by atoms with Crippen LogP contribution in [0.5, 0.6) is 17.4 Å². The summed E-state index contributed by atoms with van der Waals surface area (Å²) in [6.45, 7) is -0.0866. The second-order valence-electron chi connectivity index (χ2n) is 3.54. The number of benzene rings is 1. The standard InChI is InChI=1S/C12H10Cl2N2O3/c1-18-10-4-7(6-17)2-3-9(10)19-11-8(13)5-15-12(14)16-11/h2-5,17H,6H2,1H3. The molecule has 7 heteroatoms. The average molecular weight is 301 g/mol. The minimum Gasteiger partial charge on any atom is -0.493 e. The maximum Gasteiger partial charge on any atom is 0.242 e. The first-order valence-corrected chi connectivity index (χ1v) is 6.03. The predicted octanol–water partition coefficient (Wildman–Crippen LogP) is 3.08. The van der Waals surface area contributed by atoms with E-state index in [9.17, 15) is 0 Å². The van der Waals surface area contributed by atoms with E-state index in [1.165, 1.54) is 13.3 Å². The molecule has 0 radical (unpaired) electrons. The van der Waals surface area contributed by atoms with Gasteiger partial charge in [-0.15, -0.1) is 0 Å². The number of halogens is 2. The average Bonchev–Trinajstić information content (AvgIpc) is 2.43. The number of methoxy groups -OCH3 is 1. The highest BCUT2D eigenvalue weighted by Crippen LogP contribution is 2.34. The highest BCUT2D eigenvalue weighted by molar-refractivity contribution is 6.32. The number of ether oxygens (including phenoxy) is 2. The van der Waals surface area contributed by atoms with Gasteiger partial charge in [-0.25, -0.2) is 4.98 Å². The zero-order valence-electron chi connectivity index (χ0n) is 9.93. The SMILES string of the molecule is COc1cc(CO)ccc1Oc1nc(Cl)ncc1Cl. The zero-order chi connectivity index (χ0) is 13.8. The molecule has 100 valence electrons. The molecule has 0 bridgehead atoms. The molecule has 0 saturated carbocycles. The molecular formula is C12H10Cl2N2O3. The predicted molar refractivity (Wildman–Crippen MR) is 71.0 cm³/mol. The van der Waals surface area contributed by atoms with Gasteiger partial charge >= 0.3 is 0 Å². The summed E-state index contributed by atoms with van der Waals surface area (Å²) in [6.07, 6.45) is 1.35. The van der Waals surface area contributed by atoms with Crippen LogP contribution < -0.4 is 9.47 Å². The molecule has 0 fully saturated rings. The van der Waals surface area contributed by atoms with Gasteiger partial charge < -0.3 is 14.6 Å². The minimum absolute atomic E-state index is 0.0327. The Labute approximate surface area is 119 Å². The normalized spacial score (nSPS) is 10.3. The summed E-state index contributed by atoms with van der Waals surface area (Å²) in [7, 11) is 1.50. The van der Waals surface area contributed by atoms with Crippen molar-refractivity contribution < 1.29 is 14.6 Å². The Hall–Kier alpha value is -1.56. The molecule has 1 aromatic carbocycles. The number of aliphatic hydroxyl groups is 1. The van der Waals surface area contributed by atoms with Crippen molar-refractivity contribution in [3.63, 3.8) is 0 Å². The Bertz CT molecular complexity index is 593. The fraction of sp³-hybridized carbons (Fsp3) is 0.167. The molecule has 0 unspecified atom stereocenters. The van der Waals surface area contributed by atoms with Gasteiger partial charge in [-0.3, -0.25) is 0 Å². The molecule has 0 amide bonds. The third kappa shape index (κ3) is 3.26. The lowest BCUT2D eigenvalue weighted by Gasteiger charge is -2.11. The number of aromatic nitrogens is 2. The highest BCUT2D eigenvalue weighted by atomic mass is 35.5. The van der Waals surface area contributed by atoms with Crippen LogP contribution >= 0.6 is 23.2 Å².